The van der Waals surface area contributed by atoms with Gasteiger partial charge in [-0.25, -0.2) is 0 Å². The first-order valence-corrected chi connectivity index (χ1v) is 4.45. The molecule has 0 aromatic carbocycles. The molecule has 68 valence electrons. The molecule has 0 aromatic rings. The van der Waals surface area contributed by atoms with E-state index in [0.717, 1.165) is 6.42 Å². The Bertz CT molecular complexity index is 69.3. The summed E-state index contributed by atoms with van der Waals surface area (Å²) in [5.41, 5.74) is 0. The number of rotatable bonds is 4. The molecule has 11 heavy (non-hydrogen) atoms. The number of ether oxygens (including phenoxy) is 1. The molecule has 0 aliphatic rings. The molecule has 0 spiro atoms. The fourth-order valence-corrected chi connectivity index (χ4v) is 0.350. The largest absolute Gasteiger partial charge is 0.374 e. The average molecular weight is 158 g/mol. The normalized spacial score (nSPS) is 11.3. The Morgan fingerprint density at radius 3 is 2.09 bits per heavy atom. The van der Waals surface area contributed by atoms with Crippen LogP contribution >= 0.6 is 0 Å². The quantitative estimate of drug-likeness (QED) is 0.570. The zero-order valence-corrected chi connectivity index (χ0v) is 8.39. The van der Waals surface area contributed by atoms with E-state index in [9.17, 15) is 0 Å². The summed E-state index contributed by atoms with van der Waals surface area (Å²) < 4.78 is 5.22. The summed E-state index contributed by atoms with van der Waals surface area (Å²) in [6.45, 7) is 12.6. The molecule has 0 aliphatic heterocycles. The van der Waals surface area contributed by atoms with Gasteiger partial charge in [-0.3, -0.25) is 0 Å². The lowest BCUT2D eigenvalue weighted by Crippen LogP contribution is -2.05. The fourth-order valence-electron chi connectivity index (χ4n) is 0.350. The lowest BCUT2D eigenvalue weighted by atomic mass is 10.3. The van der Waals surface area contributed by atoms with E-state index in [0.29, 0.717) is 12.7 Å². The van der Waals surface area contributed by atoms with Crippen molar-refractivity contribution in [2.75, 3.05) is 6.61 Å². The minimum absolute atomic E-state index is 0.382. The molecule has 1 heteroatoms. The second kappa shape index (κ2) is 12.4. The van der Waals surface area contributed by atoms with Crippen LogP contribution in [0.3, 0.4) is 0 Å². The molecule has 0 saturated carbocycles. The molecule has 0 fully saturated rings. The lowest BCUT2D eigenvalue weighted by Gasteiger charge is -2.06. The molecule has 0 saturated heterocycles. The van der Waals surface area contributed by atoms with Crippen LogP contribution < -0.4 is 0 Å². The summed E-state index contributed by atoms with van der Waals surface area (Å²) >= 11 is 0. The monoisotopic (exact) mass is 158 g/mol. The Morgan fingerprint density at radius 1 is 1.36 bits per heavy atom. The second-order valence-electron chi connectivity index (χ2n) is 2.55. The van der Waals surface area contributed by atoms with E-state index in [1.165, 1.54) is 6.42 Å². The van der Waals surface area contributed by atoms with Crippen molar-refractivity contribution in [2.24, 2.45) is 0 Å². The van der Waals surface area contributed by atoms with Crippen molar-refractivity contribution in [2.45, 2.75) is 46.6 Å². The number of hydrogen-bond acceptors (Lipinski definition) is 1. The Morgan fingerprint density at radius 2 is 1.82 bits per heavy atom. The van der Waals surface area contributed by atoms with Crippen LogP contribution in [0, 0.1) is 0 Å². The van der Waals surface area contributed by atoms with E-state index >= 15 is 0 Å². The van der Waals surface area contributed by atoms with Crippen LogP contribution in [0.2, 0.25) is 0 Å². The predicted molar refractivity (Wildman–Crippen MR) is 51.9 cm³/mol. The minimum Gasteiger partial charge on any atom is -0.374 e. The fraction of sp³-hybridized carbons (Fsp3) is 0.800. The maximum absolute atomic E-state index is 5.22. The Labute approximate surface area is 71.5 Å². The van der Waals surface area contributed by atoms with Crippen LogP contribution in [0.15, 0.2) is 12.7 Å². The molecule has 1 nitrogen and oxygen atoms in total. The van der Waals surface area contributed by atoms with Gasteiger partial charge in [-0.1, -0.05) is 33.3 Å². The molecule has 1 unspecified atom stereocenters. The third kappa shape index (κ3) is 17.7. The van der Waals surface area contributed by atoms with Gasteiger partial charge in [0.05, 0.1) is 12.7 Å². The van der Waals surface area contributed by atoms with Gasteiger partial charge in [-0.2, -0.15) is 0 Å². The van der Waals surface area contributed by atoms with Crippen molar-refractivity contribution in [1.29, 1.82) is 0 Å². The molecule has 0 amide bonds. The third-order valence-electron chi connectivity index (χ3n) is 1.07. The Balaban J connectivity index is 0. The molecular weight excluding hydrogens is 136 g/mol. The highest BCUT2D eigenvalue weighted by molar-refractivity contribution is 4.64. The molecule has 0 N–H and O–H groups in total. The first-order valence-electron chi connectivity index (χ1n) is 4.45. The summed E-state index contributed by atoms with van der Waals surface area (Å²) in [6.07, 6.45) is 4.48. The zero-order chi connectivity index (χ0) is 9.11. The summed E-state index contributed by atoms with van der Waals surface area (Å²) in [7, 11) is 0. The van der Waals surface area contributed by atoms with Crippen molar-refractivity contribution in [3.05, 3.63) is 12.7 Å². The third-order valence-corrected chi connectivity index (χ3v) is 1.07. The van der Waals surface area contributed by atoms with Gasteiger partial charge in [-0.15, -0.1) is 6.58 Å². The zero-order valence-electron chi connectivity index (χ0n) is 8.39. The maximum atomic E-state index is 5.22. The standard InChI is InChI=1S/C7H14O.C3H8/c1-4-6-8-7(3)5-2;1-3-2/h4,7H,1,5-6H2,2-3H3;3H2,1-2H3. The van der Waals surface area contributed by atoms with Crippen LogP contribution in [0.5, 0.6) is 0 Å². The number of hydrogen-bond donors (Lipinski definition) is 0. The van der Waals surface area contributed by atoms with Crippen LogP contribution in [-0.2, 0) is 4.74 Å². The molecule has 0 aliphatic carbocycles. The Kier molecular flexibility index (Phi) is 15.0. The SMILES string of the molecule is C=CCOC(C)CC.CCC. The summed E-state index contributed by atoms with van der Waals surface area (Å²) in [5.74, 6) is 0. The van der Waals surface area contributed by atoms with E-state index in [1.807, 2.05) is 0 Å². The predicted octanol–water partition coefficient (Wildman–Crippen LogP) is 3.40. The van der Waals surface area contributed by atoms with Crippen molar-refractivity contribution in [3.63, 3.8) is 0 Å². The van der Waals surface area contributed by atoms with E-state index in [1.54, 1.807) is 6.08 Å². The average Bonchev–Trinajstić information content (AvgIpc) is 2.02. The van der Waals surface area contributed by atoms with E-state index < -0.39 is 0 Å². The second-order valence-corrected chi connectivity index (χ2v) is 2.55. The van der Waals surface area contributed by atoms with Crippen molar-refractivity contribution < 1.29 is 4.74 Å². The first kappa shape index (κ1) is 13.3. The smallest absolute Gasteiger partial charge is 0.0648 e. The van der Waals surface area contributed by atoms with Gasteiger partial charge < -0.3 is 4.74 Å². The van der Waals surface area contributed by atoms with E-state index in [2.05, 4.69) is 34.3 Å². The van der Waals surface area contributed by atoms with Crippen LogP contribution in [0.1, 0.15) is 40.5 Å². The molecule has 0 aromatic heterocycles. The molecule has 1 atom stereocenters. The molecule has 0 rings (SSSR count). The van der Waals surface area contributed by atoms with Crippen LogP contribution in [0.4, 0.5) is 0 Å². The van der Waals surface area contributed by atoms with Crippen molar-refractivity contribution in [3.8, 4) is 0 Å². The van der Waals surface area contributed by atoms with E-state index in [4.69, 9.17) is 4.74 Å². The molecule has 0 radical (unpaired) electrons. The van der Waals surface area contributed by atoms with Crippen molar-refractivity contribution in [1.82, 2.24) is 0 Å². The van der Waals surface area contributed by atoms with Gasteiger partial charge in [-0.05, 0) is 13.3 Å². The van der Waals surface area contributed by atoms with Gasteiger partial charge in [0.2, 0.25) is 0 Å². The highest BCUT2D eigenvalue weighted by Crippen LogP contribution is 1.93. The summed E-state index contributed by atoms with van der Waals surface area (Å²) in [6, 6.07) is 0. The summed E-state index contributed by atoms with van der Waals surface area (Å²) in [5, 5.41) is 0. The van der Waals surface area contributed by atoms with Crippen LogP contribution in [-0.4, -0.2) is 12.7 Å². The summed E-state index contributed by atoms with van der Waals surface area (Å²) in [4.78, 5) is 0. The highest BCUT2D eigenvalue weighted by Gasteiger charge is 1.92. The maximum Gasteiger partial charge on any atom is 0.0648 e. The molecule has 0 heterocycles. The van der Waals surface area contributed by atoms with Gasteiger partial charge >= 0.3 is 0 Å². The highest BCUT2D eigenvalue weighted by atomic mass is 16.5. The van der Waals surface area contributed by atoms with Gasteiger partial charge in [0.25, 0.3) is 0 Å². The van der Waals surface area contributed by atoms with E-state index in [-0.39, 0.29) is 0 Å². The Hall–Kier alpha value is -0.300. The van der Waals surface area contributed by atoms with Crippen LogP contribution in [0.25, 0.3) is 0 Å². The van der Waals surface area contributed by atoms with Gasteiger partial charge in [0, 0.05) is 0 Å². The topological polar surface area (TPSA) is 9.23 Å². The minimum atomic E-state index is 0.382. The van der Waals surface area contributed by atoms with Gasteiger partial charge in [0.15, 0.2) is 0 Å². The molecule has 0 bridgehead atoms. The van der Waals surface area contributed by atoms with Gasteiger partial charge in [0.1, 0.15) is 0 Å². The lowest BCUT2D eigenvalue weighted by molar-refractivity contribution is 0.0858. The first-order chi connectivity index (χ1) is 5.22. The molecular formula is C10H22O. The van der Waals surface area contributed by atoms with Crippen molar-refractivity contribution >= 4 is 0 Å².